The van der Waals surface area contributed by atoms with E-state index in [-0.39, 0.29) is 18.3 Å². The van der Waals surface area contributed by atoms with Crippen molar-refractivity contribution in [1.82, 2.24) is 4.98 Å². The van der Waals surface area contributed by atoms with Gasteiger partial charge in [0.25, 0.3) is 0 Å². The van der Waals surface area contributed by atoms with Crippen molar-refractivity contribution in [3.63, 3.8) is 0 Å². The molecule has 0 bridgehead atoms. The van der Waals surface area contributed by atoms with E-state index in [2.05, 4.69) is 34.6 Å². The molecule has 0 fully saturated rings. The van der Waals surface area contributed by atoms with Gasteiger partial charge in [-0.05, 0) is 22.3 Å². The number of hydrogen-bond donors (Lipinski definition) is 2. The van der Waals surface area contributed by atoms with Crippen molar-refractivity contribution in [3.05, 3.63) is 70.7 Å². The standard InChI is InChI=1S/C21H18N2O4S2/c24-19(25)12-28-10-13-11-29-20(22-13)23-21(26)27-9-18-16-7-3-1-5-14(16)15-6-2-4-8-17(15)18/h1-8,11,18H,9-10,12H2,(H,24,25)(H,22,23,26). The molecule has 4 rings (SSSR count). The van der Waals surface area contributed by atoms with E-state index in [0.29, 0.717) is 10.9 Å². The average molecular weight is 427 g/mol. The van der Waals surface area contributed by atoms with Crippen LogP contribution >= 0.6 is 23.1 Å². The van der Waals surface area contributed by atoms with Gasteiger partial charge in [-0.3, -0.25) is 10.1 Å². The number of rotatable bonds is 7. The van der Waals surface area contributed by atoms with Gasteiger partial charge in [0.15, 0.2) is 5.13 Å². The maximum absolute atomic E-state index is 12.3. The maximum atomic E-state index is 12.3. The molecule has 0 radical (unpaired) electrons. The zero-order valence-corrected chi connectivity index (χ0v) is 17.0. The summed E-state index contributed by atoms with van der Waals surface area (Å²) in [6.45, 7) is 0.243. The highest BCUT2D eigenvalue weighted by atomic mass is 32.2. The van der Waals surface area contributed by atoms with Gasteiger partial charge in [-0.15, -0.1) is 23.1 Å². The number of thiazole rings is 1. The molecule has 2 N–H and O–H groups in total. The molecule has 0 atom stereocenters. The third-order valence-electron chi connectivity index (χ3n) is 4.58. The number of carboxylic acids is 1. The Morgan fingerprint density at radius 3 is 2.41 bits per heavy atom. The van der Waals surface area contributed by atoms with Crippen molar-refractivity contribution in [2.45, 2.75) is 11.7 Å². The average Bonchev–Trinajstić information content (AvgIpc) is 3.28. The molecule has 8 heteroatoms. The molecule has 2 aromatic carbocycles. The van der Waals surface area contributed by atoms with E-state index in [0.717, 1.165) is 16.8 Å². The number of ether oxygens (including phenoxy) is 1. The second-order valence-corrected chi connectivity index (χ2v) is 8.32. The summed E-state index contributed by atoms with van der Waals surface area (Å²) in [5.41, 5.74) is 5.42. The minimum absolute atomic E-state index is 0.00687. The Bertz CT molecular complexity index is 1000. The van der Waals surface area contributed by atoms with Gasteiger partial charge in [-0.2, -0.15) is 0 Å². The normalized spacial score (nSPS) is 12.3. The number of carbonyl (C=O) groups is 2. The fourth-order valence-corrected chi connectivity index (χ4v) is 4.83. The Morgan fingerprint density at radius 2 is 1.76 bits per heavy atom. The summed E-state index contributed by atoms with van der Waals surface area (Å²) >= 11 is 2.55. The predicted octanol–water partition coefficient (Wildman–Crippen LogP) is 4.82. The minimum Gasteiger partial charge on any atom is -0.481 e. The molecule has 1 aliphatic carbocycles. The molecule has 0 spiro atoms. The minimum atomic E-state index is -0.859. The Kier molecular flexibility index (Phi) is 5.82. The third kappa shape index (κ3) is 4.44. The third-order valence-corrected chi connectivity index (χ3v) is 6.34. The Hall–Kier alpha value is -2.84. The number of aliphatic carboxylic acids is 1. The van der Waals surface area contributed by atoms with Gasteiger partial charge in [0.05, 0.1) is 11.4 Å². The van der Waals surface area contributed by atoms with Crippen molar-refractivity contribution >= 4 is 40.3 Å². The Labute approximate surface area is 175 Å². The van der Waals surface area contributed by atoms with Crippen LogP contribution in [0.15, 0.2) is 53.9 Å². The summed E-state index contributed by atoms with van der Waals surface area (Å²) in [6.07, 6.45) is -0.550. The zero-order chi connectivity index (χ0) is 20.2. The highest BCUT2D eigenvalue weighted by Crippen LogP contribution is 2.44. The van der Waals surface area contributed by atoms with E-state index in [4.69, 9.17) is 9.84 Å². The van der Waals surface area contributed by atoms with Crippen LogP contribution in [0.3, 0.4) is 0 Å². The molecule has 1 heterocycles. The zero-order valence-electron chi connectivity index (χ0n) is 15.3. The Balaban J connectivity index is 1.36. The number of hydrogen-bond acceptors (Lipinski definition) is 6. The van der Waals surface area contributed by atoms with Crippen molar-refractivity contribution in [3.8, 4) is 11.1 Å². The van der Waals surface area contributed by atoms with E-state index in [9.17, 15) is 9.59 Å². The first-order valence-corrected chi connectivity index (χ1v) is 11.0. The molecule has 1 aromatic heterocycles. The van der Waals surface area contributed by atoms with E-state index in [1.54, 1.807) is 5.38 Å². The number of aromatic nitrogens is 1. The molecule has 148 valence electrons. The van der Waals surface area contributed by atoms with Crippen LogP contribution in [0.1, 0.15) is 22.7 Å². The smallest absolute Gasteiger partial charge is 0.413 e. The van der Waals surface area contributed by atoms with Crippen LogP contribution in [0.5, 0.6) is 0 Å². The van der Waals surface area contributed by atoms with Crippen LogP contribution in [-0.2, 0) is 15.3 Å². The number of nitrogens with one attached hydrogen (secondary N) is 1. The molecule has 1 amide bonds. The number of fused-ring (bicyclic) bond motifs is 3. The quantitative estimate of drug-likeness (QED) is 0.563. The van der Waals surface area contributed by atoms with Crippen LogP contribution in [0.4, 0.5) is 9.93 Å². The fraction of sp³-hybridized carbons (Fsp3) is 0.190. The summed E-state index contributed by atoms with van der Waals surface area (Å²) in [6, 6.07) is 16.4. The van der Waals surface area contributed by atoms with Crippen LogP contribution in [0.2, 0.25) is 0 Å². The van der Waals surface area contributed by atoms with Gasteiger partial charge < -0.3 is 9.84 Å². The molecule has 3 aromatic rings. The monoisotopic (exact) mass is 426 g/mol. The summed E-state index contributed by atoms with van der Waals surface area (Å²) in [4.78, 5) is 27.1. The van der Waals surface area contributed by atoms with Crippen molar-refractivity contribution in [1.29, 1.82) is 0 Å². The van der Waals surface area contributed by atoms with Crippen molar-refractivity contribution < 1.29 is 19.4 Å². The fourth-order valence-electron chi connectivity index (χ4n) is 3.40. The number of carbonyl (C=O) groups excluding carboxylic acids is 1. The summed E-state index contributed by atoms with van der Waals surface area (Å²) in [5.74, 6) is -0.350. The van der Waals surface area contributed by atoms with Crippen LogP contribution in [-0.4, -0.2) is 34.5 Å². The molecule has 0 saturated heterocycles. The lowest BCUT2D eigenvalue weighted by Gasteiger charge is -2.14. The first kappa shape index (κ1) is 19.5. The second-order valence-electron chi connectivity index (χ2n) is 6.48. The second kappa shape index (κ2) is 8.67. The number of thioether (sulfide) groups is 1. The van der Waals surface area contributed by atoms with Crippen LogP contribution in [0.25, 0.3) is 11.1 Å². The number of benzene rings is 2. The van der Waals surface area contributed by atoms with Crippen LogP contribution in [0, 0.1) is 0 Å². The Morgan fingerprint density at radius 1 is 1.10 bits per heavy atom. The maximum Gasteiger partial charge on any atom is 0.413 e. The van der Waals surface area contributed by atoms with E-state index >= 15 is 0 Å². The molecule has 1 aliphatic rings. The number of amides is 1. The number of carboxylic acid groups (broad SMARTS) is 1. The van der Waals surface area contributed by atoms with Gasteiger partial charge in [-0.25, -0.2) is 9.78 Å². The van der Waals surface area contributed by atoms with Gasteiger partial charge in [-0.1, -0.05) is 48.5 Å². The highest BCUT2D eigenvalue weighted by molar-refractivity contribution is 7.99. The van der Waals surface area contributed by atoms with Crippen LogP contribution < -0.4 is 5.32 Å². The van der Waals surface area contributed by atoms with E-state index in [1.807, 2.05) is 24.3 Å². The molecular formula is C21H18N2O4S2. The first-order chi connectivity index (χ1) is 14.1. The molecule has 6 nitrogen and oxygen atoms in total. The first-order valence-electron chi connectivity index (χ1n) is 8.98. The predicted molar refractivity (Wildman–Crippen MR) is 115 cm³/mol. The molecule has 0 unspecified atom stereocenters. The number of anilines is 1. The topological polar surface area (TPSA) is 88.5 Å². The molecule has 0 aliphatic heterocycles. The number of nitrogens with zero attached hydrogens (tertiary/aromatic N) is 1. The summed E-state index contributed by atoms with van der Waals surface area (Å²) in [7, 11) is 0. The lowest BCUT2D eigenvalue weighted by atomic mass is 9.98. The van der Waals surface area contributed by atoms with Crippen molar-refractivity contribution in [2.75, 3.05) is 17.7 Å². The van der Waals surface area contributed by atoms with Gasteiger partial charge in [0.1, 0.15) is 6.61 Å². The lowest BCUT2D eigenvalue weighted by molar-refractivity contribution is -0.133. The molecule has 29 heavy (non-hydrogen) atoms. The van der Waals surface area contributed by atoms with E-state index in [1.165, 1.54) is 34.2 Å². The molecular weight excluding hydrogens is 408 g/mol. The van der Waals surface area contributed by atoms with Gasteiger partial charge in [0, 0.05) is 17.1 Å². The SMILES string of the molecule is O=C(O)CSCc1csc(NC(=O)OCC2c3ccccc3-c3ccccc32)n1. The summed E-state index contributed by atoms with van der Waals surface area (Å²) in [5, 5.41) is 13.6. The summed E-state index contributed by atoms with van der Waals surface area (Å²) < 4.78 is 5.50. The van der Waals surface area contributed by atoms with Gasteiger partial charge in [0.2, 0.25) is 0 Å². The highest BCUT2D eigenvalue weighted by Gasteiger charge is 2.29. The largest absolute Gasteiger partial charge is 0.481 e. The van der Waals surface area contributed by atoms with E-state index < -0.39 is 12.1 Å². The lowest BCUT2D eigenvalue weighted by Crippen LogP contribution is -2.17. The molecule has 0 saturated carbocycles. The van der Waals surface area contributed by atoms with Crippen molar-refractivity contribution in [2.24, 2.45) is 0 Å². The van der Waals surface area contributed by atoms with Gasteiger partial charge >= 0.3 is 12.1 Å².